The van der Waals surface area contributed by atoms with E-state index in [-0.39, 0.29) is 30.1 Å². The van der Waals surface area contributed by atoms with Crippen molar-refractivity contribution in [3.63, 3.8) is 0 Å². The van der Waals surface area contributed by atoms with E-state index in [1.165, 1.54) is 12.8 Å². The van der Waals surface area contributed by atoms with Crippen LogP contribution in [0, 0.1) is 5.92 Å². The predicted octanol–water partition coefficient (Wildman–Crippen LogP) is 4.00. The molecule has 31 heavy (non-hydrogen) atoms. The number of ether oxygens (including phenoxy) is 2. The van der Waals surface area contributed by atoms with Crippen LogP contribution in [0.5, 0.6) is 0 Å². The van der Waals surface area contributed by atoms with Gasteiger partial charge in [0.15, 0.2) is 5.96 Å². The quantitative estimate of drug-likeness (QED) is 0.248. The molecule has 1 saturated heterocycles. The SMILES string of the molecule is CCNC(=NCC(C(CC)CC)N1CCOCC1)N(C)Cc1csc(C(C)OC)n1.I. The molecule has 0 bridgehead atoms. The van der Waals surface area contributed by atoms with E-state index in [1.54, 1.807) is 18.4 Å². The third-order valence-corrected chi connectivity index (χ3v) is 6.96. The third-order valence-electron chi connectivity index (χ3n) is 5.90. The zero-order chi connectivity index (χ0) is 21.9. The monoisotopic (exact) mass is 567 g/mol. The topological polar surface area (TPSA) is 62.2 Å². The maximum Gasteiger partial charge on any atom is 0.194 e. The van der Waals surface area contributed by atoms with Gasteiger partial charge in [0.05, 0.1) is 32.0 Å². The van der Waals surface area contributed by atoms with Gasteiger partial charge in [-0.15, -0.1) is 35.3 Å². The Morgan fingerprint density at radius 1 is 1.32 bits per heavy atom. The molecular formula is C22H42IN5O2S. The number of morpholine rings is 1. The Kier molecular flexibility index (Phi) is 14.1. The lowest BCUT2D eigenvalue weighted by Crippen LogP contribution is -2.49. The molecule has 0 aromatic carbocycles. The average molecular weight is 568 g/mol. The smallest absolute Gasteiger partial charge is 0.194 e. The minimum atomic E-state index is 0. The molecule has 2 unspecified atom stereocenters. The fraction of sp³-hybridized carbons (Fsp3) is 0.818. The number of rotatable bonds is 11. The zero-order valence-corrected chi connectivity index (χ0v) is 23.2. The standard InChI is InChI=1S/C22H41N5O2S.HI/c1-7-18(8-2)20(27-10-12-29-13-11-27)14-24-22(23-9-3)26(5)15-19-16-30-21(25-19)17(4)28-6;/h16-18,20H,7-15H2,1-6H3,(H,23,24);1H. The van der Waals surface area contributed by atoms with Gasteiger partial charge in [-0.25, -0.2) is 4.98 Å². The van der Waals surface area contributed by atoms with E-state index in [9.17, 15) is 0 Å². The van der Waals surface area contributed by atoms with Crippen molar-refractivity contribution < 1.29 is 9.47 Å². The molecule has 0 radical (unpaired) electrons. The molecule has 1 aromatic heterocycles. The van der Waals surface area contributed by atoms with Gasteiger partial charge in [-0.3, -0.25) is 9.89 Å². The molecule has 2 atom stereocenters. The summed E-state index contributed by atoms with van der Waals surface area (Å²) >= 11 is 1.65. The molecule has 9 heteroatoms. The summed E-state index contributed by atoms with van der Waals surface area (Å²) in [4.78, 5) is 14.5. The number of thiazole rings is 1. The van der Waals surface area contributed by atoms with Gasteiger partial charge in [-0.1, -0.05) is 26.7 Å². The molecule has 1 aliphatic rings. The molecule has 2 heterocycles. The number of nitrogens with one attached hydrogen (secondary N) is 1. The lowest BCUT2D eigenvalue weighted by molar-refractivity contribution is 0.00391. The van der Waals surface area contributed by atoms with Crippen LogP contribution in [-0.2, 0) is 16.0 Å². The first-order chi connectivity index (χ1) is 14.5. The Morgan fingerprint density at radius 3 is 2.58 bits per heavy atom. The maximum absolute atomic E-state index is 5.58. The highest BCUT2D eigenvalue weighted by Crippen LogP contribution is 2.22. The van der Waals surface area contributed by atoms with Crippen molar-refractivity contribution in [3.8, 4) is 0 Å². The van der Waals surface area contributed by atoms with E-state index in [0.29, 0.717) is 12.0 Å². The Morgan fingerprint density at radius 2 is 2.00 bits per heavy atom. The second-order valence-electron chi connectivity index (χ2n) is 7.90. The summed E-state index contributed by atoms with van der Waals surface area (Å²) in [5, 5.41) is 6.59. The van der Waals surface area contributed by atoms with Crippen LogP contribution >= 0.6 is 35.3 Å². The summed E-state index contributed by atoms with van der Waals surface area (Å²) in [7, 11) is 3.81. The summed E-state index contributed by atoms with van der Waals surface area (Å²) < 4.78 is 11.0. The Balaban J connectivity index is 0.00000480. The normalized spacial score (nSPS) is 17.3. The zero-order valence-electron chi connectivity index (χ0n) is 20.1. The number of halogens is 1. The van der Waals surface area contributed by atoms with Crippen LogP contribution in [0.2, 0.25) is 0 Å². The highest BCUT2D eigenvalue weighted by atomic mass is 127. The van der Waals surface area contributed by atoms with Gasteiger partial charge >= 0.3 is 0 Å². The summed E-state index contributed by atoms with van der Waals surface area (Å²) in [6.07, 6.45) is 2.39. The van der Waals surface area contributed by atoms with Gasteiger partial charge in [-0.05, 0) is 19.8 Å². The van der Waals surface area contributed by atoms with Gasteiger partial charge in [0.2, 0.25) is 0 Å². The largest absolute Gasteiger partial charge is 0.379 e. The number of hydrogen-bond donors (Lipinski definition) is 1. The molecular weight excluding hydrogens is 525 g/mol. The minimum Gasteiger partial charge on any atom is -0.379 e. The van der Waals surface area contributed by atoms with Gasteiger partial charge in [0.25, 0.3) is 0 Å². The van der Waals surface area contributed by atoms with Gasteiger partial charge in [0, 0.05) is 45.2 Å². The van der Waals surface area contributed by atoms with E-state index >= 15 is 0 Å². The van der Waals surface area contributed by atoms with Crippen molar-refractivity contribution in [1.29, 1.82) is 0 Å². The number of aromatic nitrogens is 1. The molecule has 1 N–H and O–H groups in total. The number of guanidine groups is 1. The van der Waals surface area contributed by atoms with Gasteiger partial charge < -0.3 is 19.7 Å². The molecule has 0 amide bonds. The van der Waals surface area contributed by atoms with Crippen molar-refractivity contribution in [2.45, 2.75) is 59.2 Å². The highest BCUT2D eigenvalue weighted by Gasteiger charge is 2.27. The summed E-state index contributed by atoms with van der Waals surface area (Å²) in [6, 6.07) is 0.458. The molecule has 7 nitrogen and oxygen atoms in total. The van der Waals surface area contributed by atoms with Crippen LogP contribution < -0.4 is 5.32 Å². The highest BCUT2D eigenvalue weighted by molar-refractivity contribution is 14.0. The first-order valence-corrected chi connectivity index (χ1v) is 12.2. The lowest BCUT2D eigenvalue weighted by Gasteiger charge is -2.38. The number of aliphatic imine (C=N–C) groups is 1. The van der Waals surface area contributed by atoms with Crippen LogP contribution in [0.15, 0.2) is 10.4 Å². The van der Waals surface area contributed by atoms with E-state index in [4.69, 9.17) is 19.5 Å². The minimum absolute atomic E-state index is 0. The second-order valence-corrected chi connectivity index (χ2v) is 8.79. The molecule has 1 fully saturated rings. The molecule has 1 aromatic rings. The molecule has 180 valence electrons. The third kappa shape index (κ3) is 8.75. The van der Waals surface area contributed by atoms with E-state index in [2.05, 4.69) is 48.3 Å². The fourth-order valence-electron chi connectivity index (χ4n) is 3.95. The van der Waals surface area contributed by atoms with Crippen molar-refractivity contribution >= 4 is 41.3 Å². The van der Waals surface area contributed by atoms with Crippen molar-refractivity contribution in [3.05, 3.63) is 16.1 Å². The number of methoxy groups -OCH3 is 1. The molecule has 0 spiro atoms. The van der Waals surface area contributed by atoms with E-state index in [1.807, 2.05) is 6.92 Å². The van der Waals surface area contributed by atoms with E-state index < -0.39 is 0 Å². The molecule has 2 rings (SSSR count). The summed E-state index contributed by atoms with van der Waals surface area (Å²) in [6.45, 7) is 14.8. The maximum atomic E-state index is 5.58. The molecule has 0 saturated carbocycles. The average Bonchev–Trinajstić information content (AvgIpc) is 3.24. The lowest BCUT2D eigenvalue weighted by atomic mass is 9.92. The Hall–Kier alpha value is -0.490. The Labute approximate surface area is 210 Å². The van der Waals surface area contributed by atoms with Crippen LogP contribution in [0.3, 0.4) is 0 Å². The van der Waals surface area contributed by atoms with Crippen molar-refractivity contribution in [2.75, 3.05) is 53.6 Å². The molecule has 1 aliphatic heterocycles. The second kappa shape index (κ2) is 15.4. The van der Waals surface area contributed by atoms with Crippen LogP contribution in [0.25, 0.3) is 0 Å². The molecule has 0 aliphatic carbocycles. The van der Waals surface area contributed by atoms with Gasteiger partial charge in [-0.2, -0.15) is 0 Å². The first-order valence-electron chi connectivity index (χ1n) is 11.3. The van der Waals surface area contributed by atoms with Crippen molar-refractivity contribution in [1.82, 2.24) is 20.1 Å². The number of nitrogens with zero attached hydrogens (tertiary/aromatic N) is 4. The first kappa shape index (κ1) is 28.5. The van der Waals surface area contributed by atoms with Crippen LogP contribution in [0.1, 0.15) is 57.3 Å². The summed E-state index contributed by atoms with van der Waals surface area (Å²) in [5.74, 6) is 1.59. The van der Waals surface area contributed by atoms with Gasteiger partial charge in [0.1, 0.15) is 11.1 Å². The Bertz CT molecular complexity index is 635. The predicted molar refractivity (Wildman–Crippen MR) is 141 cm³/mol. The van der Waals surface area contributed by atoms with Crippen molar-refractivity contribution in [2.24, 2.45) is 10.9 Å². The van der Waals surface area contributed by atoms with Crippen LogP contribution in [0.4, 0.5) is 0 Å². The van der Waals surface area contributed by atoms with E-state index in [0.717, 1.165) is 62.6 Å². The number of hydrogen-bond acceptors (Lipinski definition) is 6. The summed E-state index contributed by atoms with van der Waals surface area (Å²) in [5.41, 5.74) is 1.05. The fourth-order valence-corrected chi connectivity index (χ4v) is 4.80. The van der Waals surface area contributed by atoms with Crippen LogP contribution in [-0.4, -0.2) is 80.3 Å².